The van der Waals surface area contributed by atoms with Crippen molar-refractivity contribution in [3.05, 3.63) is 66.0 Å². The van der Waals surface area contributed by atoms with Crippen LogP contribution in [0.5, 0.6) is 0 Å². The molecule has 2 aromatic rings. The number of rotatable bonds is 4. The molecule has 0 unspecified atom stereocenters. The number of hydrogen-bond acceptors (Lipinski definition) is 3. The van der Waals surface area contributed by atoms with E-state index >= 15 is 0 Å². The van der Waals surface area contributed by atoms with Crippen LogP contribution in [0.4, 0.5) is 4.79 Å². The van der Waals surface area contributed by atoms with E-state index in [9.17, 15) is 4.79 Å². The third-order valence-corrected chi connectivity index (χ3v) is 4.60. The van der Waals surface area contributed by atoms with Crippen LogP contribution in [0.2, 0.25) is 0 Å². The van der Waals surface area contributed by atoms with Crippen molar-refractivity contribution in [2.75, 3.05) is 13.7 Å². The number of hydrogen-bond donors (Lipinski definition) is 1. The number of ether oxygens (including phenoxy) is 1. The fourth-order valence-corrected chi connectivity index (χ4v) is 2.99. The van der Waals surface area contributed by atoms with Gasteiger partial charge in [0.25, 0.3) is 0 Å². The van der Waals surface area contributed by atoms with Gasteiger partial charge in [0, 0.05) is 26.0 Å². The van der Waals surface area contributed by atoms with E-state index in [1.54, 1.807) is 24.3 Å². The van der Waals surface area contributed by atoms with Crippen molar-refractivity contribution in [1.29, 1.82) is 0 Å². The van der Waals surface area contributed by atoms with Gasteiger partial charge in [-0.2, -0.15) is 0 Å². The van der Waals surface area contributed by atoms with E-state index in [2.05, 4.69) is 10.3 Å². The minimum absolute atomic E-state index is 0.0107. The second kappa shape index (κ2) is 7.45. The Labute approximate surface area is 142 Å². The molecule has 1 N–H and O–H groups in total. The number of amides is 2. The van der Waals surface area contributed by atoms with E-state index in [1.165, 1.54) is 0 Å². The highest BCUT2D eigenvalue weighted by Crippen LogP contribution is 2.29. The topological polar surface area (TPSA) is 54.5 Å². The quantitative estimate of drug-likeness (QED) is 0.938. The van der Waals surface area contributed by atoms with Crippen molar-refractivity contribution in [3.63, 3.8) is 0 Å². The van der Waals surface area contributed by atoms with Crippen LogP contribution in [0.3, 0.4) is 0 Å². The largest absolute Gasteiger partial charge is 0.371 e. The Morgan fingerprint density at radius 2 is 2.08 bits per heavy atom. The molecule has 126 valence electrons. The van der Waals surface area contributed by atoms with Crippen molar-refractivity contribution < 1.29 is 9.53 Å². The third-order valence-electron chi connectivity index (χ3n) is 4.60. The second-order valence-corrected chi connectivity index (χ2v) is 6.12. The number of pyridine rings is 1. The lowest BCUT2D eigenvalue weighted by Crippen LogP contribution is -2.45. The molecular weight excluding hydrogens is 302 g/mol. The predicted molar refractivity (Wildman–Crippen MR) is 92.5 cm³/mol. The van der Waals surface area contributed by atoms with Crippen LogP contribution in [0.25, 0.3) is 0 Å². The van der Waals surface area contributed by atoms with Gasteiger partial charge in [-0.3, -0.25) is 4.98 Å². The van der Waals surface area contributed by atoms with Crippen LogP contribution in [0, 0.1) is 0 Å². The van der Waals surface area contributed by atoms with E-state index < -0.39 is 0 Å². The molecule has 2 amide bonds. The molecule has 1 aromatic carbocycles. The average Bonchev–Trinajstić information content (AvgIpc) is 3.10. The Bertz CT molecular complexity index is 663. The summed E-state index contributed by atoms with van der Waals surface area (Å²) in [5.41, 5.74) is 2.11. The summed E-state index contributed by atoms with van der Waals surface area (Å²) < 4.78 is 5.83. The molecule has 0 bridgehead atoms. The van der Waals surface area contributed by atoms with Gasteiger partial charge in [-0.05, 0) is 30.5 Å². The Morgan fingerprint density at radius 1 is 1.29 bits per heavy atom. The lowest BCUT2D eigenvalue weighted by atomic mass is 10.0. The molecule has 2 heterocycles. The molecular formula is C19H23N3O2. The zero-order valence-electron chi connectivity index (χ0n) is 14.1. The maximum Gasteiger partial charge on any atom is 0.317 e. The molecule has 1 saturated heterocycles. The predicted octanol–water partition coefficient (Wildman–Crippen LogP) is 3.31. The summed E-state index contributed by atoms with van der Waals surface area (Å²) in [6.45, 7) is 2.66. The van der Waals surface area contributed by atoms with E-state index in [0.717, 1.165) is 17.5 Å². The number of carbonyl (C=O) groups excluding carboxylic acids is 1. The summed E-state index contributed by atoms with van der Waals surface area (Å²) in [7, 11) is 1.81. The summed E-state index contributed by atoms with van der Waals surface area (Å²) in [4.78, 5) is 18.5. The minimum Gasteiger partial charge on any atom is -0.371 e. The summed E-state index contributed by atoms with van der Waals surface area (Å²) in [6, 6.07) is 13.8. The van der Waals surface area contributed by atoms with Crippen LogP contribution >= 0.6 is 0 Å². The molecule has 1 aliphatic rings. The van der Waals surface area contributed by atoms with E-state index in [4.69, 9.17) is 4.74 Å². The molecule has 1 aliphatic heterocycles. The van der Waals surface area contributed by atoms with Crippen molar-refractivity contribution in [2.24, 2.45) is 0 Å². The van der Waals surface area contributed by atoms with Crippen LogP contribution in [0.1, 0.15) is 36.6 Å². The van der Waals surface area contributed by atoms with Gasteiger partial charge >= 0.3 is 6.03 Å². The van der Waals surface area contributed by atoms with Gasteiger partial charge in [0.2, 0.25) is 0 Å². The summed E-state index contributed by atoms with van der Waals surface area (Å²) in [5.74, 6) is 0. The van der Waals surface area contributed by atoms with Crippen LogP contribution in [0.15, 0.2) is 54.9 Å². The molecule has 24 heavy (non-hydrogen) atoms. The molecule has 3 atom stereocenters. The van der Waals surface area contributed by atoms with Gasteiger partial charge in [0.05, 0.1) is 12.1 Å². The Hall–Kier alpha value is -2.40. The molecule has 0 spiro atoms. The molecule has 0 radical (unpaired) electrons. The van der Waals surface area contributed by atoms with Crippen molar-refractivity contribution in [1.82, 2.24) is 15.2 Å². The fourth-order valence-electron chi connectivity index (χ4n) is 2.99. The standard InChI is InChI=1S/C19H23N3O2/c1-14(16-9-6-11-20-13-16)22(2)19(23)21-17-10-12-24-18(17)15-7-4-3-5-8-15/h3-9,11,13-14,17-18H,10,12H2,1-2H3,(H,21,23)/t14-,17+,18-/m1/s1. The monoisotopic (exact) mass is 325 g/mol. The lowest BCUT2D eigenvalue weighted by Gasteiger charge is -2.28. The van der Waals surface area contributed by atoms with Gasteiger partial charge in [-0.1, -0.05) is 36.4 Å². The van der Waals surface area contributed by atoms with Crippen LogP contribution in [-0.2, 0) is 4.74 Å². The number of nitrogens with one attached hydrogen (secondary N) is 1. The second-order valence-electron chi connectivity index (χ2n) is 6.12. The van der Waals surface area contributed by atoms with E-state index in [-0.39, 0.29) is 24.2 Å². The van der Waals surface area contributed by atoms with Gasteiger partial charge in [0.15, 0.2) is 0 Å². The maximum absolute atomic E-state index is 12.6. The normalized spacial score (nSPS) is 21.2. The number of nitrogens with zero attached hydrogens (tertiary/aromatic N) is 2. The molecule has 5 nitrogen and oxygen atoms in total. The lowest BCUT2D eigenvalue weighted by molar-refractivity contribution is 0.0978. The molecule has 0 aliphatic carbocycles. The zero-order valence-corrected chi connectivity index (χ0v) is 14.1. The molecule has 1 fully saturated rings. The molecule has 3 rings (SSSR count). The van der Waals surface area contributed by atoms with Gasteiger partial charge in [-0.25, -0.2) is 4.79 Å². The Kier molecular flexibility index (Phi) is 5.11. The SMILES string of the molecule is C[C@H](c1cccnc1)N(C)C(=O)N[C@H]1CCO[C@@H]1c1ccccc1. The highest BCUT2D eigenvalue weighted by molar-refractivity contribution is 5.75. The first-order chi connectivity index (χ1) is 11.7. The maximum atomic E-state index is 12.6. The van der Waals surface area contributed by atoms with Gasteiger partial charge in [0.1, 0.15) is 6.10 Å². The van der Waals surface area contributed by atoms with Gasteiger partial charge < -0.3 is 15.0 Å². The number of benzene rings is 1. The first kappa shape index (κ1) is 16.5. The van der Waals surface area contributed by atoms with Crippen molar-refractivity contribution in [2.45, 2.75) is 31.5 Å². The molecule has 0 saturated carbocycles. The highest BCUT2D eigenvalue weighted by atomic mass is 16.5. The highest BCUT2D eigenvalue weighted by Gasteiger charge is 2.32. The average molecular weight is 325 g/mol. The summed E-state index contributed by atoms with van der Waals surface area (Å²) in [5, 5.41) is 3.12. The fraction of sp³-hybridized carbons (Fsp3) is 0.368. The molecule has 5 heteroatoms. The Balaban J connectivity index is 1.65. The van der Waals surface area contributed by atoms with E-state index in [0.29, 0.717) is 6.61 Å². The smallest absolute Gasteiger partial charge is 0.317 e. The van der Waals surface area contributed by atoms with E-state index in [1.807, 2.05) is 49.4 Å². The minimum atomic E-state index is -0.0946. The Morgan fingerprint density at radius 3 is 2.79 bits per heavy atom. The number of carbonyl (C=O) groups is 1. The molecule has 1 aromatic heterocycles. The number of aromatic nitrogens is 1. The van der Waals surface area contributed by atoms with Crippen molar-refractivity contribution in [3.8, 4) is 0 Å². The first-order valence-electron chi connectivity index (χ1n) is 8.26. The third kappa shape index (κ3) is 3.57. The number of urea groups is 1. The van der Waals surface area contributed by atoms with Gasteiger partial charge in [-0.15, -0.1) is 0 Å². The zero-order chi connectivity index (χ0) is 16.9. The van der Waals surface area contributed by atoms with Crippen molar-refractivity contribution >= 4 is 6.03 Å². The first-order valence-corrected chi connectivity index (χ1v) is 8.26. The van der Waals surface area contributed by atoms with Crippen LogP contribution in [-0.4, -0.2) is 35.6 Å². The summed E-state index contributed by atoms with van der Waals surface area (Å²) in [6.07, 6.45) is 4.26. The van der Waals surface area contributed by atoms with Crippen LogP contribution < -0.4 is 5.32 Å². The summed E-state index contributed by atoms with van der Waals surface area (Å²) >= 11 is 0.